The quantitative estimate of drug-likeness (QED) is 0.133. The highest BCUT2D eigenvalue weighted by Gasteiger charge is 2.31. The predicted molar refractivity (Wildman–Crippen MR) is 214 cm³/mol. The van der Waals surface area contributed by atoms with Gasteiger partial charge in [-0.25, -0.2) is 0 Å². The number of hydrogen-bond donors (Lipinski definition) is 0. The van der Waals surface area contributed by atoms with Crippen molar-refractivity contribution >= 4 is 29.8 Å². The minimum atomic E-state index is -0.785. The largest absolute Gasteiger partial charge is 0.497 e. The fourth-order valence-electron chi connectivity index (χ4n) is 5.47. The maximum atomic E-state index is 13.6. The highest BCUT2D eigenvalue weighted by molar-refractivity contribution is 5.76. The fraction of sp³-hybridized carbons (Fsp3) is 0.738. The number of carbonyl (C=O) groups is 5. The molecule has 320 valence electrons. The van der Waals surface area contributed by atoms with Gasteiger partial charge in [0.1, 0.15) is 33.8 Å². The van der Waals surface area contributed by atoms with E-state index >= 15 is 0 Å². The average Bonchev–Trinajstić information content (AvgIpc) is 2.94. The van der Waals surface area contributed by atoms with Crippen LogP contribution in [0.15, 0.2) is 24.3 Å². The molecule has 0 aliphatic heterocycles. The zero-order valence-electron chi connectivity index (χ0n) is 37.1. The molecule has 0 heterocycles. The van der Waals surface area contributed by atoms with E-state index in [-0.39, 0.29) is 52.4 Å². The average molecular weight is 794 g/mol. The lowest BCUT2D eigenvalue weighted by Crippen LogP contribution is -2.53. The van der Waals surface area contributed by atoms with Gasteiger partial charge in [-0.05, 0) is 128 Å². The molecule has 56 heavy (non-hydrogen) atoms. The van der Waals surface area contributed by atoms with Gasteiger partial charge in [-0.1, -0.05) is 12.1 Å². The molecule has 0 aliphatic rings. The Morgan fingerprint density at radius 1 is 0.482 bits per heavy atom. The van der Waals surface area contributed by atoms with Crippen molar-refractivity contribution in [1.29, 1.82) is 0 Å². The highest BCUT2D eigenvalue weighted by Crippen LogP contribution is 2.19. The summed E-state index contributed by atoms with van der Waals surface area (Å²) < 4.78 is 33.6. The van der Waals surface area contributed by atoms with E-state index in [1.54, 1.807) is 121 Å². The van der Waals surface area contributed by atoms with Crippen LogP contribution >= 0.6 is 0 Å². The molecule has 0 bridgehead atoms. The van der Waals surface area contributed by atoms with E-state index in [0.29, 0.717) is 12.2 Å². The van der Waals surface area contributed by atoms with Crippen LogP contribution in [0.1, 0.15) is 109 Å². The number of hydrogen-bond acceptors (Lipinski definition) is 14. The molecule has 0 amide bonds. The summed E-state index contributed by atoms with van der Waals surface area (Å²) in [4.78, 5) is 71.4. The lowest BCUT2D eigenvalue weighted by atomic mass is 10.0. The Hall–Kier alpha value is -3.75. The summed E-state index contributed by atoms with van der Waals surface area (Å²) in [6.07, 6.45) is 0.365. The SMILES string of the molecule is COc1ccc(CC(CN(CC(=O)OC(C)(C)C)CC(=O)OC(C)(C)C)N(CCN(CC(=O)OC(C)(C)C)CC(=O)OC(C)(C)C)CC(=O)OC(C)(C)C)cc1. The Morgan fingerprint density at radius 2 is 0.804 bits per heavy atom. The van der Waals surface area contributed by atoms with Gasteiger partial charge in [0, 0.05) is 25.7 Å². The summed E-state index contributed by atoms with van der Waals surface area (Å²) in [5.41, 5.74) is -2.96. The van der Waals surface area contributed by atoms with E-state index < -0.39 is 63.9 Å². The summed E-state index contributed by atoms with van der Waals surface area (Å²) in [6.45, 7) is 25.8. The first-order valence-corrected chi connectivity index (χ1v) is 19.2. The van der Waals surface area contributed by atoms with E-state index in [1.807, 2.05) is 29.2 Å². The summed E-state index contributed by atoms with van der Waals surface area (Å²) in [7, 11) is 1.58. The first kappa shape index (κ1) is 50.3. The van der Waals surface area contributed by atoms with Crippen LogP contribution in [0.25, 0.3) is 0 Å². The lowest BCUT2D eigenvalue weighted by Gasteiger charge is -2.37. The monoisotopic (exact) mass is 794 g/mol. The maximum Gasteiger partial charge on any atom is 0.320 e. The van der Waals surface area contributed by atoms with Gasteiger partial charge < -0.3 is 28.4 Å². The molecule has 0 aliphatic carbocycles. The van der Waals surface area contributed by atoms with Crippen LogP contribution in [-0.4, -0.2) is 138 Å². The van der Waals surface area contributed by atoms with Crippen molar-refractivity contribution in [2.45, 2.75) is 144 Å². The van der Waals surface area contributed by atoms with Crippen molar-refractivity contribution in [2.24, 2.45) is 0 Å². The van der Waals surface area contributed by atoms with Crippen molar-refractivity contribution in [3.05, 3.63) is 29.8 Å². The van der Waals surface area contributed by atoms with Crippen LogP contribution in [0.3, 0.4) is 0 Å². The number of esters is 5. The molecular weight excluding hydrogens is 722 g/mol. The highest BCUT2D eigenvalue weighted by atomic mass is 16.6. The topological polar surface area (TPSA) is 150 Å². The molecule has 0 spiro atoms. The minimum absolute atomic E-state index is 0.117. The fourth-order valence-corrected chi connectivity index (χ4v) is 5.47. The molecule has 14 heteroatoms. The van der Waals surface area contributed by atoms with Crippen LogP contribution in [0.5, 0.6) is 5.75 Å². The van der Waals surface area contributed by atoms with Gasteiger partial charge in [-0.2, -0.15) is 0 Å². The Bertz CT molecular complexity index is 1370. The van der Waals surface area contributed by atoms with Crippen molar-refractivity contribution < 1.29 is 52.4 Å². The number of carbonyl (C=O) groups excluding carboxylic acids is 5. The van der Waals surface area contributed by atoms with Crippen LogP contribution in [0, 0.1) is 0 Å². The van der Waals surface area contributed by atoms with E-state index in [0.717, 1.165) is 5.56 Å². The molecule has 1 rings (SSSR count). The van der Waals surface area contributed by atoms with Crippen molar-refractivity contribution in [1.82, 2.24) is 14.7 Å². The maximum absolute atomic E-state index is 13.6. The first-order valence-electron chi connectivity index (χ1n) is 19.2. The Kier molecular flexibility index (Phi) is 19.0. The standard InChI is InChI=1S/C42H71N3O11/c1-38(2,3)52-33(46)25-43(26-34(47)53-39(4,5)6)21-22-45(29-37(50)56-42(13,14)15)31(23-30-17-19-32(51-16)20-18-30)24-44(27-35(48)54-40(7,8)9)28-36(49)55-41(10,11)12/h17-20,31H,21-29H2,1-16H3. The van der Waals surface area contributed by atoms with Crippen LogP contribution < -0.4 is 4.74 Å². The molecule has 0 aromatic heterocycles. The molecule has 1 aromatic carbocycles. The third-order valence-electron chi connectivity index (χ3n) is 7.16. The predicted octanol–water partition coefficient (Wildman–Crippen LogP) is 5.22. The van der Waals surface area contributed by atoms with Gasteiger partial charge in [-0.15, -0.1) is 0 Å². The Morgan fingerprint density at radius 3 is 1.12 bits per heavy atom. The van der Waals surface area contributed by atoms with Gasteiger partial charge in [0.2, 0.25) is 0 Å². The van der Waals surface area contributed by atoms with Crippen LogP contribution in [0.4, 0.5) is 0 Å². The van der Waals surface area contributed by atoms with Crippen molar-refractivity contribution in [3.63, 3.8) is 0 Å². The van der Waals surface area contributed by atoms with Crippen LogP contribution in [-0.2, 0) is 54.1 Å². The molecule has 0 radical (unpaired) electrons. The third kappa shape index (κ3) is 24.7. The van der Waals surface area contributed by atoms with Gasteiger partial charge >= 0.3 is 29.8 Å². The normalized spacial score (nSPS) is 13.3. The van der Waals surface area contributed by atoms with Crippen molar-refractivity contribution in [2.75, 3.05) is 59.5 Å². The number of nitrogens with zero attached hydrogens (tertiary/aromatic N) is 3. The molecule has 1 unspecified atom stereocenters. The zero-order chi connectivity index (χ0) is 43.3. The Labute approximate surface area is 335 Å². The third-order valence-corrected chi connectivity index (χ3v) is 7.16. The molecule has 0 N–H and O–H groups in total. The van der Waals surface area contributed by atoms with Gasteiger partial charge in [0.05, 0.1) is 39.8 Å². The lowest BCUT2D eigenvalue weighted by molar-refractivity contribution is -0.162. The number of benzene rings is 1. The number of methoxy groups -OCH3 is 1. The molecule has 0 saturated carbocycles. The number of rotatable bonds is 19. The molecule has 0 saturated heterocycles. The minimum Gasteiger partial charge on any atom is -0.497 e. The summed E-state index contributed by atoms with van der Waals surface area (Å²) in [5, 5.41) is 0. The van der Waals surface area contributed by atoms with Crippen molar-refractivity contribution in [3.8, 4) is 5.75 Å². The second kappa shape index (κ2) is 21.1. The smallest absolute Gasteiger partial charge is 0.320 e. The summed E-state index contributed by atoms with van der Waals surface area (Å²) >= 11 is 0. The molecule has 14 nitrogen and oxygen atoms in total. The summed E-state index contributed by atoms with van der Waals surface area (Å²) in [5.74, 6) is -1.99. The van der Waals surface area contributed by atoms with Gasteiger partial charge in [0.15, 0.2) is 0 Å². The number of ether oxygens (including phenoxy) is 6. The van der Waals surface area contributed by atoms with Crippen LogP contribution in [0.2, 0.25) is 0 Å². The zero-order valence-corrected chi connectivity index (χ0v) is 37.1. The molecular formula is C42H71N3O11. The molecule has 0 fully saturated rings. The van der Waals surface area contributed by atoms with E-state index in [9.17, 15) is 24.0 Å². The van der Waals surface area contributed by atoms with E-state index in [1.165, 1.54) is 0 Å². The van der Waals surface area contributed by atoms with Gasteiger partial charge in [0.25, 0.3) is 0 Å². The molecule has 1 atom stereocenters. The second-order valence-electron chi connectivity index (χ2n) is 19.0. The second-order valence-corrected chi connectivity index (χ2v) is 19.0. The van der Waals surface area contributed by atoms with E-state index in [4.69, 9.17) is 28.4 Å². The first-order chi connectivity index (χ1) is 25.3. The van der Waals surface area contributed by atoms with E-state index in [2.05, 4.69) is 0 Å². The molecule has 1 aromatic rings. The Balaban J connectivity index is 3.77. The van der Waals surface area contributed by atoms with Gasteiger partial charge in [-0.3, -0.25) is 38.7 Å². The summed E-state index contributed by atoms with van der Waals surface area (Å²) in [6, 6.07) is 6.94.